The summed E-state index contributed by atoms with van der Waals surface area (Å²) < 4.78 is 5.75. The van der Waals surface area contributed by atoms with E-state index in [2.05, 4.69) is 43.4 Å². The zero-order valence-corrected chi connectivity index (χ0v) is 11.6. The maximum atomic E-state index is 5.75. The molecule has 18 heavy (non-hydrogen) atoms. The first kappa shape index (κ1) is 13.6. The maximum absolute atomic E-state index is 5.75. The van der Waals surface area contributed by atoms with Crippen molar-refractivity contribution in [3.8, 4) is 0 Å². The second-order valence-corrected chi connectivity index (χ2v) is 5.60. The second kappa shape index (κ2) is 6.91. The summed E-state index contributed by atoms with van der Waals surface area (Å²) in [5.41, 5.74) is 2.68. The lowest BCUT2D eigenvalue weighted by molar-refractivity contribution is 0.109. The van der Waals surface area contributed by atoms with Crippen LogP contribution in [0.2, 0.25) is 0 Å². The van der Waals surface area contributed by atoms with E-state index in [1.807, 2.05) is 0 Å². The van der Waals surface area contributed by atoms with Crippen LogP contribution < -0.4 is 5.32 Å². The highest BCUT2D eigenvalue weighted by Gasteiger charge is 2.13. The second-order valence-electron chi connectivity index (χ2n) is 5.60. The molecule has 1 heterocycles. The third-order valence-corrected chi connectivity index (χ3v) is 3.75. The minimum Gasteiger partial charge on any atom is -0.377 e. The maximum Gasteiger partial charge on any atom is 0.0716 e. The molecule has 0 bridgehead atoms. The first-order chi connectivity index (χ1) is 8.75. The van der Waals surface area contributed by atoms with Crippen LogP contribution in [0.4, 0.5) is 0 Å². The van der Waals surface area contributed by atoms with Gasteiger partial charge >= 0.3 is 0 Å². The van der Waals surface area contributed by atoms with Crippen LogP contribution in [0.25, 0.3) is 0 Å². The predicted molar refractivity (Wildman–Crippen MR) is 75.8 cm³/mol. The first-order valence-electron chi connectivity index (χ1n) is 7.13. The summed E-state index contributed by atoms with van der Waals surface area (Å²) >= 11 is 0. The molecule has 1 atom stereocenters. The Labute approximate surface area is 111 Å². The van der Waals surface area contributed by atoms with Crippen LogP contribution >= 0.6 is 0 Å². The molecule has 1 aliphatic heterocycles. The fourth-order valence-electron chi connectivity index (χ4n) is 2.40. The van der Waals surface area contributed by atoms with Crippen LogP contribution in [-0.2, 0) is 11.3 Å². The monoisotopic (exact) mass is 247 g/mol. The lowest BCUT2D eigenvalue weighted by Crippen LogP contribution is -2.10. The topological polar surface area (TPSA) is 21.3 Å². The minimum atomic E-state index is 0.606. The van der Waals surface area contributed by atoms with Crippen molar-refractivity contribution in [2.45, 2.75) is 39.2 Å². The van der Waals surface area contributed by atoms with E-state index in [0.717, 1.165) is 19.1 Å². The SMILES string of the molecule is CC(C)c1ccc(COCCC2CCNC2)cc1. The molecule has 100 valence electrons. The molecule has 1 aromatic rings. The molecular weight excluding hydrogens is 222 g/mol. The average Bonchev–Trinajstić information content (AvgIpc) is 2.88. The van der Waals surface area contributed by atoms with Crippen molar-refractivity contribution in [3.63, 3.8) is 0 Å². The molecule has 1 N–H and O–H groups in total. The summed E-state index contributed by atoms with van der Waals surface area (Å²) in [4.78, 5) is 0. The van der Waals surface area contributed by atoms with E-state index in [4.69, 9.17) is 4.74 Å². The number of benzene rings is 1. The zero-order valence-electron chi connectivity index (χ0n) is 11.6. The molecular formula is C16H25NO. The van der Waals surface area contributed by atoms with Gasteiger partial charge < -0.3 is 10.1 Å². The van der Waals surface area contributed by atoms with Crippen LogP contribution in [0, 0.1) is 5.92 Å². The molecule has 1 saturated heterocycles. The van der Waals surface area contributed by atoms with Crippen molar-refractivity contribution in [1.82, 2.24) is 5.32 Å². The Balaban J connectivity index is 1.66. The molecule has 1 fully saturated rings. The van der Waals surface area contributed by atoms with Gasteiger partial charge in [0, 0.05) is 6.61 Å². The molecule has 0 radical (unpaired) electrons. The molecule has 0 aromatic heterocycles. The Kier molecular flexibility index (Phi) is 5.21. The van der Waals surface area contributed by atoms with Gasteiger partial charge in [0.2, 0.25) is 0 Å². The number of hydrogen-bond donors (Lipinski definition) is 1. The fraction of sp³-hybridized carbons (Fsp3) is 0.625. The Hall–Kier alpha value is -0.860. The van der Waals surface area contributed by atoms with Crippen molar-refractivity contribution < 1.29 is 4.74 Å². The average molecular weight is 247 g/mol. The Morgan fingerprint density at radius 1 is 1.28 bits per heavy atom. The van der Waals surface area contributed by atoms with Gasteiger partial charge in [0.1, 0.15) is 0 Å². The highest BCUT2D eigenvalue weighted by atomic mass is 16.5. The van der Waals surface area contributed by atoms with E-state index in [9.17, 15) is 0 Å². The summed E-state index contributed by atoms with van der Waals surface area (Å²) in [5, 5.41) is 3.39. The summed E-state index contributed by atoms with van der Waals surface area (Å²) in [6.45, 7) is 8.44. The van der Waals surface area contributed by atoms with Crippen LogP contribution in [0.15, 0.2) is 24.3 Å². The van der Waals surface area contributed by atoms with E-state index >= 15 is 0 Å². The number of nitrogens with one attached hydrogen (secondary N) is 1. The molecule has 1 aromatic carbocycles. The van der Waals surface area contributed by atoms with Crippen LogP contribution in [0.1, 0.15) is 43.7 Å². The molecule has 2 rings (SSSR count). The van der Waals surface area contributed by atoms with Gasteiger partial charge in [0.15, 0.2) is 0 Å². The van der Waals surface area contributed by atoms with E-state index < -0.39 is 0 Å². The highest BCUT2D eigenvalue weighted by Crippen LogP contribution is 2.16. The summed E-state index contributed by atoms with van der Waals surface area (Å²) in [6.07, 6.45) is 2.50. The molecule has 2 nitrogen and oxygen atoms in total. The van der Waals surface area contributed by atoms with Crippen molar-refractivity contribution in [1.29, 1.82) is 0 Å². The lowest BCUT2D eigenvalue weighted by atomic mass is 10.0. The predicted octanol–water partition coefficient (Wildman–Crippen LogP) is 3.33. The molecule has 2 heteroatoms. The van der Waals surface area contributed by atoms with Gasteiger partial charge in [-0.25, -0.2) is 0 Å². The molecule has 0 aliphatic carbocycles. The Bertz CT molecular complexity index is 339. The van der Waals surface area contributed by atoms with Crippen molar-refractivity contribution in [2.24, 2.45) is 5.92 Å². The van der Waals surface area contributed by atoms with Gasteiger partial charge in [-0.3, -0.25) is 0 Å². The Morgan fingerprint density at radius 3 is 2.67 bits per heavy atom. The first-order valence-corrected chi connectivity index (χ1v) is 7.13. The van der Waals surface area contributed by atoms with Gasteiger partial charge in [-0.15, -0.1) is 0 Å². The summed E-state index contributed by atoms with van der Waals surface area (Å²) in [5.74, 6) is 1.43. The van der Waals surface area contributed by atoms with E-state index in [-0.39, 0.29) is 0 Å². The molecule has 1 aliphatic rings. The van der Waals surface area contributed by atoms with Crippen LogP contribution in [-0.4, -0.2) is 19.7 Å². The molecule has 0 saturated carbocycles. The number of rotatable bonds is 6. The van der Waals surface area contributed by atoms with Crippen molar-refractivity contribution in [3.05, 3.63) is 35.4 Å². The molecule has 0 spiro atoms. The zero-order chi connectivity index (χ0) is 12.8. The largest absolute Gasteiger partial charge is 0.377 e. The smallest absolute Gasteiger partial charge is 0.0716 e. The minimum absolute atomic E-state index is 0.606. The van der Waals surface area contributed by atoms with E-state index in [1.165, 1.54) is 37.1 Å². The number of hydrogen-bond acceptors (Lipinski definition) is 2. The van der Waals surface area contributed by atoms with Gasteiger partial charge in [-0.2, -0.15) is 0 Å². The quantitative estimate of drug-likeness (QED) is 0.779. The third kappa shape index (κ3) is 4.11. The van der Waals surface area contributed by atoms with Gasteiger partial charge in [-0.05, 0) is 48.9 Å². The van der Waals surface area contributed by atoms with Gasteiger partial charge in [-0.1, -0.05) is 38.1 Å². The van der Waals surface area contributed by atoms with Crippen molar-refractivity contribution in [2.75, 3.05) is 19.7 Å². The summed E-state index contributed by atoms with van der Waals surface area (Å²) in [7, 11) is 0. The molecule has 0 amide bonds. The summed E-state index contributed by atoms with van der Waals surface area (Å²) in [6, 6.07) is 8.80. The van der Waals surface area contributed by atoms with Crippen molar-refractivity contribution >= 4 is 0 Å². The van der Waals surface area contributed by atoms with Crippen LogP contribution in [0.3, 0.4) is 0 Å². The normalized spacial score (nSPS) is 19.6. The van der Waals surface area contributed by atoms with E-state index in [1.54, 1.807) is 0 Å². The highest BCUT2D eigenvalue weighted by molar-refractivity contribution is 5.24. The van der Waals surface area contributed by atoms with Gasteiger partial charge in [0.05, 0.1) is 6.61 Å². The lowest BCUT2D eigenvalue weighted by Gasteiger charge is -2.10. The van der Waals surface area contributed by atoms with Crippen LogP contribution in [0.5, 0.6) is 0 Å². The van der Waals surface area contributed by atoms with Gasteiger partial charge in [0.25, 0.3) is 0 Å². The standard InChI is InChI=1S/C16H25NO/c1-13(2)16-5-3-15(4-6-16)12-18-10-8-14-7-9-17-11-14/h3-6,13-14,17H,7-12H2,1-2H3. The van der Waals surface area contributed by atoms with E-state index in [0.29, 0.717) is 5.92 Å². The fourth-order valence-corrected chi connectivity index (χ4v) is 2.40. The Morgan fingerprint density at radius 2 is 2.06 bits per heavy atom. The molecule has 1 unspecified atom stereocenters. The third-order valence-electron chi connectivity index (χ3n) is 3.75. The number of ether oxygens (including phenoxy) is 1.